The minimum atomic E-state index is -0.448. The molecule has 0 saturated heterocycles. The third-order valence-electron chi connectivity index (χ3n) is 4.23. The number of hydrogen-bond acceptors (Lipinski definition) is 5. The molecule has 0 fully saturated rings. The summed E-state index contributed by atoms with van der Waals surface area (Å²) >= 11 is 0. The Balaban J connectivity index is 1.87. The molecular weight excluding hydrogens is 354 g/mol. The first kappa shape index (κ1) is 19.1. The Kier molecular flexibility index (Phi) is 6.01. The highest BCUT2D eigenvalue weighted by Crippen LogP contribution is 2.22. The first-order valence-corrected chi connectivity index (χ1v) is 8.91. The molecule has 0 aliphatic carbocycles. The molecule has 0 radical (unpaired) electrons. The number of esters is 1. The molecule has 0 atom stereocenters. The number of amides is 1. The number of pyridine rings is 1. The summed E-state index contributed by atoms with van der Waals surface area (Å²) in [6, 6.07) is 19.8. The lowest BCUT2D eigenvalue weighted by atomic mass is 10.1. The third kappa shape index (κ3) is 4.17. The lowest BCUT2D eigenvalue weighted by Gasteiger charge is -2.21. The summed E-state index contributed by atoms with van der Waals surface area (Å²) in [5, 5.41) is 3.10. The summed E-state index contributed by atoms with van der Waals surface area (Å²) < 4.78 is 4.81. The summed E-state index contributed by atoms with van der Waals surface area (Å²) in [5.41, 5.74) is 2.28. The maximum absolute atomic E-state index is 13.0. The lowest BCUT2D eigenvalue weighted by Crippen LogP contribution is -2.30. The largest absolute Gasteiger partial charge is 0.465 e. The Morgan fingerprint density at radius 1 is 1.04 bits per heavy atom. The predicted molar refractivity (Wildman–Crippen MR) is 109 cm³/mol. The zero-order chi connectivity index (χ0) is 19.9. The number of methoxy groups -OCH3 is 1. The average molecular weight is 375 g/mol. The molecule has 6 heteroatoms. The second-order valence-corrected chi connectivity index (χ2v) is 5.98. The van der Waals surface area contributed by atoms with Crippen molar-refractivity contribution in [2.45, 2.75) is 6.92 Å². The Bertz CT molecular complexity index is 974. The van der Waals surface area contributed by atoms with Gasteiger partial charge in [-0.3, -0.25) is 4.79 Å². The normalized spacial score (nSPS) is 10.2. The number of rotatable bonds is 6. The van der Waals surface area contributed by atoms with Gasteiger partial charge in [-0.15, -0.1) is 0 Å². The fraction of sp³-hybridized carbons (Fsp3) is 0.136. The number of hydrogen-bond donors (Lipinski definition) is 1. The number of carbonyl (C=O) groups excluding carboxylic acids is 2. The summed E-state index contributed by atoms with van der Waals surface area (Å²) in [4.78, 5) is 30.9. The van der Waals surface area contributed by atoms with E-state index in [0.29, 0.717) is 29.2 Å². The standard InChI is InChI=1S/C22H21N3O3/c1-3-25(17-9-5-4-6-10-17)21(26)16-13-14-23-20(15-16)24-19-12-8-7-11-18(19)22(27)28-2/h4-15H,3H2,1-2H3,(H,23,24). The van der Waals surface area contributed by atoms with E-state index in [-0.39, 0.29) is 5.91 Å². The second-order valence-electron chi connectivity index (χ2n) is 5.98. The van der Waals surface area contributed by atoms with Crippen LogP contribution in [0.3, 0.4) is 0 Å². The maximum Gasteiger partial charge on any atom is 0.339 e. The molecule has 1 N–H and O–H groups in total. The number of para-hydroxylation sites is 2. The molecule has 1 heterocycles. The fourth-order valence-electron chi connectivity index (χ4n) is 2.86. The van der Waals surface area contributed by atoms with Crippen LogP contribution in [0.25, 0.3) is 0 Å². The topological polar surface area (TPSA) is 71.5 Å². The van der Waals surface area contributed by atoms with Gasteiger partial charge in [-0.2, -0.15) is 0 Å². The molecule has 142 valence electrons. The van der Waals surface area contributed by atoms with Gasteiger partial charge in [0.1, 0.15) is 5.82 Å². The number of aromatic nitrogens is 1. The quantitative estimate of drug-likeness (QED) is 0.651. The van der Waals surface area contributed by atoms with Crippen molar-refractivity contribution in [1.82, 2.24) is 4.98 Å². The summed E-state index contributed by atoms with van der Waals surface area (Å²) in [5.74, 6) is -0.108. The molecule has 0 saturated carbocycles. The van der Waals surface area contributed by atoms with E-state index in [0.717, 1.165) is 5.69 Å². The molecule has 0 aliphatic heterocycles. The number of nitrogens with zero attached hydrogens (tertiary/aromatic N) is 2. The third-order valence-corrected chi connectivity index (χ3v) is 4.23. The van der Waals surface area contributed by atoms with Crippen molar-refractivity contribution in [3.05, 3.63) is 84.1 Å². The Labute approximate surface area is 163 Å². The summed E-state index contributed by atoms with van der Waals surface area (Å²) in [6.45, 7) is 2.47. The van der Waals surface area contributed by atoms with Crippen molar-refractivity contribution >= 4 is 29.1 Å². The van der Waals surface area contributed by atoms with E-state index in [1.54, 1.807) is 47.5 Å². The summed E-state index contributed by atoms with van der Waals surface area (Å²) in [7, 11) is 1.33. The molecule has 0 unspecified atom stereocenters. The number of benzene rings is 2. The molecule has 1 aromatic heterocycles. The first-order chi connectivity index (χ1) is 13.6. The van der Waals surface area contributed by atoms with Gasteiger partial charge in [0.25, 0.3) is 5.91 Å². The van der Waals surface area contributed by atoms with E-state index in [1.165, 1.54) is 7.11 Å². The van der Waals surface area contributed by atoms with Crippen LogP contribution in [0.1, 0.15) is 27.6 Å². The Morgan fingerprint density at radius 3 is 2.46 bits per heavy atom. The highest BCUT2D eigenvalue weighted by atomic mass is 16.5. The Morgan fingerprint density at radius 2 is 1.75 bits per heavy atom. The van der Waals surface area contributed by atoms with Crippen molar-refractivity contribution < 1.29 is 14.3 Å². The molecular formula is C22H21N3O3. The number of nitrogens with one attached hydrogen (secondary N) is 1. The molecule has 0 aliphatic rings. The van der Waals surface area contributed by atoms with E-state index < -0.39 is 5.97 Å². The van der Waals surface area contributed by atoms with Crippen LogP contribution in [0.15, 0.2) is 72.9 Å². The highest BCUT2D eigenvalue weighted by Gasteiger charge is 2.17. The fourth-order valence-corrected chi connectivity index (χ4v) is 2.86. The average Bonchev–Trinajstić information content (AvgIpc) is 2.75. The smallest absolute Gasteiger partial charge is 0.339 e. The van der Waals surface area contributed by atoms with Gasteiger partial charge in [0.05, 0.1) is 18.4 Å². The molecule has 3 aromatic rings. The minimum Gasteiger partial charge on any atom is -0.465 e. The van der Waals surface area contributed by atoms with E-state index in [4.69, 9.17) is 4.74 Å². The van der Waals surface area contributed by atoms with E-state index in [1.807, 2.05) is 37.3 Å². The van der Waals surface area contributed by atoms with Crippen LogP contribution < -0.4 is 10.2 Å². The number of ether oxygens (including phenoxy) is 1. The van der Waals surface area contributed by atoms with Crippen molar-refractivity contribution in [2.24, 2.45) is 0 Å². The van der Waals surface area contributed by atoms with Gasteiger partial charge in [0.2, 0.25) is 0 Å². The van der Waals surface area contributed by atoms with Gasteiger partial charge in [-0.25, -0.2) is 9.78 Å². The predicted octanol–water partition coefficient (Wildman–Crippen LogP) is 4.28. The lowest BCUT2D eigenvalue weighted by molar-refractivity contribution is 0.0601. The zero-order valence-corrected chi connectivity index (χ0v) is 15.8. The van der Waals surface area contributed by atoms with Crippen molar-refractivity contribution in [1.29, 1.82) is 0 Å². The molecule has 1 amide bonds. The van der Waals surface area contributed by atoms with Gasteiger partial charge in [0.15, 0.2) is 0 Å². The van der Waals surface area contributed by atoms with Crippen molar-refractivity contribution in [3.63, 3.8) is 0 Å². The molecule has 28 heavy (non-hydrogen) atoms. The van der Waals surface area contributed by atoms with Gasteiger partial charge in [-0.05, 0) is 43.3 Å². The second kappa shape index (κ2) is 8.81. The maximum atomic E-state index is 13.0. The minimum absolute atomic E-state index is 0.125. The van der Waals surface area contributed by atoms with E-state index >= 15 is 0 Å². The zero-order valence-electron chi connectivity index (χ0n) is 15.8. The van der Waals surface area contributed by atoms with Crippen LogP contribution in [0.5, 0.6) is 0 Å². The molecule has 0 bridgehead atoms. The molecule has 0 spiro atoms. The van der Waals surface area contributed by atoms with Gasteiger partial charge < -0.3 is 15.0 Å². The van der Waals surface area contributed by atoms with E-state index in [9.17, 15) is 9.59 Å². The van der Waals surface area contributed by atoms with Gasteiger partial charge in [0, 0.05) is 24.0 Å². The van der Waals surface area contributed by atoms with Crippen molar-refractivity contribution in [3.8, 4) is 0 Å². The molecule has 3 rings (SSSR count). The van der Waals surface area contributed by atoms with Crippen LogP contribution in [0.2, 0.25) is 0 Å². The Hall–Kier alpha value is -3.67. The van der Waals surface area contributed by atoms with E-state index in [2.05, 4.69) is 10.3 Å². The van der Waals surface area contributed by atoms with Crippen LogP contribution >= 0.6 is 0 Å². The van der Waals surface area contributed by atoms with Crippen LogP contribution in [-0.2, 0) is 4.74 Å². The van der Waals surface area contributed by atoms with Crippen LogP contribution in [0.4, 0.5) is 17.2 Å². The van der Waals surface area contributed by atoms with Crippen molar-refractivity contribution in [2.75, 3.05) is 23.9 Å². The van der Waals surface area contributed by atoms with Crippen LogP contribution in [-0.4, -0.2) is 30.5 Å². The SMILES string of the molecule is CCN(C(=O)c1ccnc(Nc2ccccc2C(=O)OC)c1)c1ccccc1. The molecule has 2 aromatic carbocycles. The van der Waals surface area contributed by atoms with Gasteiger partial charge in [-0.1, -0.05) is 30.3 Å². The number of carbonyl (C=O) groups is 2. The first-order valence-electron chi connectivity index (χ1n) is 8.91. The highest BCUT2D eigenvalue weighted by molar-refractivity contribution is 6.06. The summed E-state index contributed by atoms with van der Waals surface area (Å²) in [6.07, 6.45) is 1.56. The molecule has 6 nitrogen and oxygen atoms in total. The van der Waals surface area contributed by atoms with Crippen LogP contribution in [0, 0.1) is 0 Å². The monoisotopic (exact) mass is 375 g/mol. The number of anilines is 3. The van der Waals surface area contributed by atoms with Gasteiger partial charge >= 0.3 is 5.97 Å².